The van der Waals surface area contributed by atoms with Crippen molar-refractivity contribution in [3.8, 4) is 11.5 Å². The Morgan fingerprint density at radius 3 is 2.28 bits per heavy atom. The van der Waals surface area contributed by atoms with E-state index in [2.05, 4.69) is 0 Å². The van der Waals surface area contributed by atoms with Crippen LogP contribution in [0.1, 0.15) is 0 Å². The number of benzene rings is 2. The highest BCUT2D eigenvalue weighted by Crippen LogP contribution is 2.32. The predicted molar refractivity (Wildman–Crippen MR) is 62.3 cm³/mol. The number of rotatable bonds is 2. The maximum Gasteiger partial charge on any atom is 0.198 e. The molecule has 0 fully saturated rings. The van der Waals surface area contributed by atoms with Crippen molar-refractivity contribution in [3.05, 3.63) is 52.8 Å². The molecule has 0 atom stereocenters. The van der Waals surface area contributed by atoms with Crippen molar-refractivity contribution in [1.82, 2.24) is 0 Å². The van der Waals surface area contributed by atoms with Crippen LogP contribution in [0, 0.1) is 17.5 Å². The van der Waals surface area contributed by atoms with Gasteiger partial charge < -0.3 is 10.5 Å². The molecule has 0 aliphatic heterocycles. The average molecular weight is 274 g/mol. The molecule has 0 aliphatic rings. The lowest BCUT2D eigenvalue weighted by molar-refractivity contribution is 0.388. The fourth-order valence-corrected chi connectivity index (χ4v) is 1.52. The standard InChI is InChI=1S/C12H7ClF3NO/c13-7-2-1-3-10(11(7)16)18-12-8(14)4-6(17)5-9(12)15/h1-5H,17H2. The molecule has 0 heterocycles. The van der Waals surface area contributed by atoms with Crippen molar-refractivity contribution in [2.75, 3.05) is 5.73 Å². The first kappa shape index (κ1) is 12.6. The lowest BCUT2D eigenvalue weighted by Gasteiger charge is -2.09. The summed E-state index contributed by atoms with van der Waals surface area (Å²) in [5.74, 6) is -4.04. The van der Waals surface area contributed by atoms with Gasteiger partial charge in [-0.05, 0) is 12.1 Å². The molecule has 0 unspecified atom stereocenters. The molecule has 2 nitrogen and oxygen atoms in total. The van der Waals surface area contributed by atoms with Gasteiger partial charge in [-0.15, -0.1) is 0 Å². The molecule has 0 saturated carbocycles. The summed E-state index contributed by atoms with van der Waals surface area (Å²) in [7, 11) is 0. The first-order chi connectivity index (χ1) is 8.49. The van der Waals surface area contributed by atoms with Crippen molar-refractivity contribution >= 4 is 17.3 Å². The Morgan fingerprint density at radius 1 is 1.06 bits per heavy atom. The summed E-state index contributed by atoms with van der Waals surface area (Å²) in [5, 5.41) is -0.205. The Balaban J connectivity index is 2.43. The van der Waals surface area contributed by atoms with Gasteiger partial charge in [0.05, 0.1) is 5.02 Å². The van der Waals surface area contributed by atoms with E-state index in [1.807, 2.05) is 0 Å². The van der Waals surface area contributed by atoms with Crippen molar-refractivity contribution in [1.29, 1.82) is 0 Å². The van der Waals surface area contributed by atoms with Gasteiger partial charge in [-0.25, -0.2) is 13.2 Å². The fourth-order valence-electron chi connectivity index (χ4n) is 1.35. The van der Waals surface area contributed by atoms with Gasteiger partial charge >= 0.3 is 0 Å². The molecule has 2 aromatic carbocycles. The van der Waals surface area contributed by atoms with E-state index in [1.165, 1.54) is 18.2 Å². The van der Waals surface area contributed by atoms with E-state index in [-0.39, 0.29) is 16.5 Å². The summed E-state index contributed by atoms with van der Waals surface area (Å²) < 4.78 is 45.2. The smallest absolute Gasteiger partial charge is 0.198 e. The molecule has 0 aromatic heterocycles. The van der Waals surface area contributed by atoms with E-state index in [1.54, 1.807) is 0 Å². The second kappa shape index (κ2) is 4.78. The summed E-state index contributed by atoms with van der Waals surface area (Å²) in [4.78, 5) is 0. The highest BCUT2D eigenvalue weighted by molar-refractivity contribution is 6.30. The number of nitrogen functional groups attached to an aromatic ring is 1. The first-order valence-electron chi connectivity index (χ1n) is 4.85. The molecule has 0 aliphatic carbocycles. The third-order valence-corrected chi connectivity index (χ3v) is 2.44. The number of hydrogen-bond acceptors (Lipinski definition) is 2. The van der Waals surface area contributed by atoms with E-state index in [9.17, 15) is 13.2 Å². The van der Waals surface area contributed by atoms with Crippen LogP contribution in [0.15, 0.2) is 30.3 Å². The molecular formula is C12H7ClF3NO. The molecule has 2 N–H and O–H groups in total. The highest BCUT2D eigenvalue weighted by Gasteiger charge is 2.16. The van der Waals surface area contributed by atoms with Crippen LogP contribution in [0.25, 0.3) is 0 Å². The van der Waals surface area contributed by atoms with Crippen LogP contribution in [0.4, 0.5) is 18.9 Å². The topological polar surface area (TPSA) is 35.2 Å². The van der Waals surface area contributed by atoms with Crippen LogP contribution >= 0.6 is 11.6 Å². The molecule has 0 spiro atoms. The number of anilines is 1. The van der Waals surface area contributed by atoms with Gasteiger partial charge in [0, 0.05) is 17.8 Å². The summed E-state index contributed by atoms with van der Waals surface area (Å²) in [6.45, 7) is 0. The largest absolute Gasteiger partial charge is 0.448 e. The zero-order valence-electron chi connectivity index (χ0n) is 8.88. The van der Waals surface area contributed by atoms with Crippen LogP contribution in [-0.2, 0) is 0 Å². The van der Waals surface area contributed by atoms with Gasteiger partial charge in [-0.3, -0.25) is 0 Å². The molecule has 0 saturated heterocycles. The third kappa shape index (κ3) is 2.36. The van der Waals surface area contributed by atoms with Gasteiger partial charge in [-0.2, -0.15) is 0 Å². The van der Waals surface area contributed by atoms with Gasteiger partial charge in [-0.1, -0.05) is 17.7 Å². The minimum atomic E-state index is -1.02. The first-order valence-corrected chi connectivity index (χ1v) is 5.23. The minimum absolute atomic E-state index is 0.0936. The zero-order valence-corrected chi connectivity index (χ0v) is 9.64. The summed E-state index contributed by atoms with van der Waals surface area (Å²) >= 11 is 5.52. The van der Waals surface area contributed by atoms with Crippen molar-refractivity contribution in [2.45, 2.75) is 0 Å². The van der Waals surface area contributed by atoms with Crippen LogP contribution in [-0.4, -0.2) is 0 Å². The van der Waals surface area contributed by atoms with E-state index >= 15 is 0 Å². The van der Waals surface area contributed by atoms with Crippen LogP contribution < -0.4 is 10.5 Å². The molecule has 0 amide bonds. The normalized spacial score (nSPS) is 10.4. The number of halogens is 4. The number of nitrogens with two attached hydrogens (primary N) is 1. The van der Waals surface area contributed by atoms with E-state index in [4.69, 9.17) is 22.1 Å². The quantitative estimate of drug-likeness (QED) is 0.835. The van der Waals surface area contributed by atoms with Crippen LogP contribution in [0.2, 0.25) is 5.02 Å². The fraction of sp³-hybridized carbons (Fsp3) is 0. The number of hydrogen-bond donors (Lipinski definition) is 1. The Morgan fingerprint density at radius 2 is 1.67 bits per heavy atom. The van der Waals surface area contributed by atoms with Gasteiger partial charge in [0.25, 0.3) is 0 Å². The van der Waals surface area contributed by atoms with Gasteiger partial charge in [0.15, 0.2) is 29.0 Å². The van der Waals surface area contributed by atoms with E-state index in [0.717, 1.165) is 12.1 Å². The van der Waals surface area contributed by atoms with Crippen molar-refractivity contribution < 1.29 is 17.9 Å². The monoisotopic (exact) mass is 273 g/mol. The van der Waals surface area contributed by atoms with E-state index in [0.29, 0.717) is 0 Å². The zero-order chi connectivity index (χ0) is 13.3. The second-order valence-corrected chi connectivity index (χ2v) is 3.87. The Labute approximate surface area is 106 Å². The maximum absolute atomic E-state index is 13.5. The SMILES string of the molecule is Nc1cc(F)c(Oc2cccc(Cl)c2F)c(F)c1. The summed E-state index contributed by atoms with van der Waals surface area (Å²) in [6, 6.07) is 5.64. The van der Waals surface area contributed by atoms with Crippen LogP contribution in [0.3, 0.4) is 0 Å². The maximum atomic E-state index is 13.5. The predicted octanol–water partition coefficient (Wildman–Crippen LogP) is 4.13. The summed E-state index contributed by atoms with van der Waals surface area (Å²) in [6.07, 6.45) is 0. The van der Waals surface area contributed by atoms with E-state index < -0.39 is 23.2 Å². The highest BCUT2D eigenvalue weighted by atomic mass is 35.5. The molecule has 0 radical (unpaired) electrons. The lowest BCUT2D eigenvalue weighted by Crippen LogP contribution is -1.97. The Kier molecular flexibility index (Phi) is 3.34. The molecule has 18 heavy (non-hydrogen) atoms. The average Bonchev–Trinajstić information content (AvgIpc) is 2.28. The third-order valence-electron chi connectivity index (χ3n) is 2.15. The molecule has 6 heteroatoms. The Bertz CT molecular complexity index is 581. The van der Waals surface area contributed by atoms with Gasteiger partial charge in [0.1, 0.15) is 0 Å². The lowest BCUT2D eigenvalue weighted by atomic mass is 10.2. The molecule has 0 bridgehead atoms. The molecular weight excluding hydrogens is 267 g/mol. The number of ether oxygens (including phenoxy) is 1. The molecule has 2 rings (SSSR count). The molecule has 94 valence electrons. The van der Waals surface area contributed by atoms with Crippen molar-refractivity contribution in [2.24, 2.45) is 0 Å². The Hall–Kier alpha value is -1.88. The second-order valence-electron chi connectivity index (χ2n) is 3.47. The van der Waals surface area contributed by atoms with Crippen LogP contribution in [0.5, 0.6) is 11.5 Å². The van der Waals surface area contributed by atoms with Crippen molar-refractivity contribution in [3.63, 3.8) is 0 Å². The minimum Gasteiger partial charge on any atom is -0.448 e. The summed E-state index contributed by atoms with van der Waals surface area (Å²) in [5.41, 5.74) is 5.15. The van der Waals surface area contributed by atoms with Gasteiger partial charge in [0.2, 0.25) is 0 Å². The molecule has 2 aromatic rings.